The summed E-state index contributed by atoms with van der Waals surface area (Å²) in [5.74, 6) is 1.16. The van der Waals surface area contributed by atoms with Gasteiger partial charge in [-0.1, -0.05) is 13.8 Å². The topological polar surface area (TPSA) is 57.9 Å². The van der Waals surface area contributed by atoms with Gasteiger partial charge in [-0.15, -0.1) is 0 Å². The molecular formula is C18H33N5O. The number of rotatable bonds is 9. The Hall–Kier alpha value is -1.53. The molecule has 2 rings (SSSR count). The smallest absolute Gasteiger partial charge is 0.217 e. The fourth-order valence-electron chi connectivity index (χ4n) is 3.03. The van der Waals surface area contributed by atoms with Crippen LogP contribution in [-0.4, -0.2) is 74.3 Å². The van der Waals surface area contributed by atoms with Gasteiger partial charge < -0.3 is 20.3 Å². The summed E-state index contributed by atoms with van der Waals surface area (Å²) in [7, 11) is 2.17. The van der Waals surface area contributed by atoms with Crippen molar-refractivity contribution in [2.75, 3.05) is 70.1 Å². The van der Waals surface area contributed by atoms with Crippen LogP contribution in [0.15, 0.2) is 12.1 Å². The third kappa shape index (κ3) is 5.83. The van der Waals surface area contributed by atoms with Crippen LogP contribution in [0, 0.1) is 0 Å². The lowest BCUT2D eigenvalue weighted by Crippen LogP contribution is -2.45. The lowest BCUT2D eigenvalue weighted by molar-refractivity contribution is 0.132. The lowest BCUT2D eigenvalue weighted by atomic mass is 10.3. The number of pyridine rings is 1. The minimum Gasteiger partial charge on any atom is -0.476 e. The van der Waals surface area contributed by atoms with E-state index >= 15 is 0 Å². The number of nitrogen functional groups attached to an aromatic ring is 1. The number of piperazine rings is 1. The maximum absolute atomic E-state index is 5.99. The molecule has 1 aliphatic rings. The SMILES string of the molecule is CCCN(CCC)c1cc(N)nc(OCCN2CCN(C)CC2)c1. The van der Waals surface area contributed by atoms with Crippen molar-refractivity contribution in [1.82, 2.24) is 14.8 Å². The molecule has 0 atom stereocenters. The first-order chi connectivity index (χ1) is 11.6. The molecule has 24 heavy (non-hydrogen) atoms. The molecular weight excluding hydrogens is 302 g/mol. The zero-order valence-corrected chi connectivity index (χ0v) is 15.5. The van der Waals surface area contributed by atoms with E-state index in [2.05, 4.69) is 40.6 Å². The molecule has 2 N–H and O–H groups in total. The van der Waals surface area contributed by atoms with Gasteiger partial charge in [0.2, 0.25) is 5.88 Å². The maximum atomic E-state index is 5.99. The minimum absolute atomic E-state index is 0.527. The number of anilines is 2. The Balaban J connectivity index is 1.90. The monoisotopic (exact) mass is 335 g/mol. The van der Waals surface area contributed by atoms with Gasteiger partial charge in [0.15, 0.2) is 0 Å². The number of nitrogens with two attached hydrogens (primary N) is 1. The Morgan fingerprint density at radius 1 is 1.12 bits per heavy atom. The summed E-state index contributed by atoms with van der Waals surface area (Å²) in [6, 6.07) is 3.96. The summed E-state index contributed by atoms with van der Waals surface area (Å²) in [6.45, 7) is 12.5. The highest BCUT2D eigenvalue weighted by Crippen LogP contribution is 2.23. The summed E-state index contributed by atoms with van der Waals surface area (Å²) in [5.41, 5.74) is 7.10. The maximum Gasteiger partial charge on any atom is 0.217 e. The first kappa shape index (κ1) is 18.8. The standard InChI is InChI=1S/C18H33N5O/c1-4-6-23(7-5-2)16-14-17(19)20-18(15-16)24-13-12-22-10-8-21(3)9-11-22/h14-15H,4-13H2,1-3H3,(H2,19,20). The molecule has 2 heterocycles. The Morgan fingerprint density at radius 2 is 1.79 bits per heavy atom. The predicted molar refractivity (Wildman–Crippen MR) is 101 cm³/mol. The van der Waals surface area contributed by atoms with E-state index in [1.807, 2.05) is 12.1 Å². The second-order valence-corrected chi connectivity index (χ2v) is 6.57. The van der Waals surface area contributed by atoms with Crippen LogP contribution in [0.1, 0.15) is 26.7 Å². The number of aromatic nitrogens is 1. The third-order valence-electron chi connectivity index (χ3n) is 4.41. The van der Waals surface area contributed by atoms with Crippen molar-refractivity contribution in [3.8, 4) is 5.88 Å². The van der Waals surface area contributed by atoms with E-state index in [-0.39, 0.29) is 0 Å². The highest BCUT2D eigenvalue weighted by molar-refractivity contribution is 5.55. The normalized spacial score (nSPS) is 16.3. The molecule has 6 nitrogen and oxygen atoms in total. The van der Waals surface area contributed by atoms with Crippen LogP contribution < -0.4 is 15.4 Å². The Kier molecular flexibility index (Phi) is 7.59. The van der Waals surface area contributed by atoms with Crippen LogP contribution >= 0.6 is 0 Å². The van der Waals surface area contributed by atoms with Crippen molar-refractivity contribution in [2.24, 2.45) is 0 Å². The average molecular weight is 335 g/mol. The van der Waals surface area contributed by atoms with Crippen LogP contribution in [0.5, 0.6) is 5.88 Å². The van der Waals surface area contributed by atoms with Gasteiger partial charge in [-0.05, 0) is 19.9 Å². The molecule has 136 valence electrons. The van der Waals surface area contributed by atoms with Crippen molar-refractivity contribution < 1.29 is 4.74 Å². The van der Waals surface area contributed by atoms with E-state index in [0.717, 1.165) is 64.3 Å². The highest BCUT2D eigenvalue weighted by Gasteiger charge is 2.14. The van der Waals surface area contributed by atoms with Gasteiger partial charge in [-0.3, -0.25) is 4.90 Å². The first-order valence-electron chi connectivity index (χ1n) is 9.18. The molecule has 1 aromatic heterocycles. The summed E-state index contributed by atoms with van der Waals surface area (Å²) >= 11 is 0. The van der Waals surface area contributed by atoms with Crippen LogP contribution in [0.3, 0.4) is 0 Å². The van der Waals surface area contributed by atoms with Crippen molar-refractivity contribution in [2.45, 2.75) is 26.7 Å². The fraction of sp³-hybridized carbons (Fsp3) is 0.722. The fourth-order valence-corrected chi connectivity index (χ4v) is 3.03. The van der Waals surface area contributed by atoms with Crippen molar-refractivity contribution >= 4 is 11.5 Å². The zero-order chi connectivity index (χ0) is 17.4. The summed E-state index contributed by atoms with van der Waals surface area (Å²) in [5, 5.41) is 0. The first-order valence-corrected chi connectivity index (χ1v) is 9.18. The van der Waals surface area contributed by atoms with E-state index < -0.39 is 0 Å². The quantitative estimate of drug-likeness (QED) is 0.744. The van der Waals surface area contributed by atoms with Gasteiger partial charge in [-0.2, -0.15) is 4.98 Å². The third-order valence-corrected chi connectivity index (χ3v) is 4.41. The number of ether oxygens (including phenoxy) is 1. The van der Waals surface area contributed by atoms with E-state index in [1.165, 1.54) is 0 Å². The second-order valence-electron chi connectivity index (χ2n) is 6.57. The molecule has 0 radical (unpaired) electrons. The van der Waals surface area contributed by atoms with Crippen LogP contribution in [-0.2, 0) is 0 Å². The second kappa shape index (κ2) is 9.69. The molecule has 0 aliphatic carbocycles. The van der Waals surface area contributed by atoms with E-state index in [4.69, 9.17) is 10.5 Å². The summed E-state index contributed by atoms with van der Waals surface area (Å²) in [4.78, 5) is 11.5. The van der Waals surface area contributed by atoms with Gasteiger partial charge in [0.05, 0.1) is 0 Å². The van der Waals surface area contributed by atoms with Crippen LogP contribution in [0.25, 0.3) is 0 Å². The van der Waals surface area contributed by atoms with Gasteiger partial charge >= 0.3 is 0 Å². The van der Waals surface area contributed by atoms with Crippen molar-refractivity contribution in [1.29, 1.82) is 0 Å². The van der Waals surface area contributed by atoms with Gasteiger partial charge in [0.25, 0.3) is 0 Å². The molecule has 1 fully saturated rings. The van der Waals surface area contributed by atoms with Crippen LogP contribution in [0.4, 0.5) is 11.5 Å². The molecule has 0 bridgehead atoms. The molecule has 6 heteroatoms. The largest absolute Gasteiger partial charge is 0.476 e. The molecule has 0 aromatic carbocycles. The van der Waals surface area contributed by atoms with E-state index in [9.17, 15) is 0 Å². The van der Waals surface area contributed by atoms with Crippen molar-refractivity contribution in [3.63, 3.8) is 0 Å². The number of hydrogen-bond acceptors (Lipinski definition) is 6. The summed E-state index contributed by atoms with van der Waals surface area (Å²) < 4.78 is 5.89. The lowest BCUT2D eigenvalue weighted by Gasteiger charge is -2.32. The average Bonchev–Trinajstić information content (AvgIpc) is 2.56. The van der Waals surface area contributed by atoms with Gasteiger partial charge in [0.1, 0.15) is 12.4 Å². The molecule has 1 aliphatic heterocycles. The molecule has 1 saturated heterocycles. The molecule has 0 amide bonds. The van der Waals surface area contributed by atoms with E-state index in [0.29, 0.717) is 18.3 Å². The Bertz CT molecular complexity index is 482. The van der Waals surface area contributed by atoms with Crippen molar-refractivity contribution in [3.05, 3.63) is 12.1 Å². The Morgan fingerprint density at radius 3 is 2.42 bits per heavy atom. The van der Waals surface area contributed by atoms with E-state index in [1.54, 1.807) is 0 Å². The highest BCUT2D eigenvalue weighted by atomic mass is 16.5. The Labute approximate surface area is 146 Å². The summed E-state index contributed by atoms with van der Waals surface area (Å²) in [6.07, 6.45) is 2.23. The number of nitrogens with zero attached hydrogens (tertiary/aromatic N) is 4. The molecule has 1 aromatic rings. The number of likely N-dealkylation sites (N-methyl/N-ethyl adjacent to an activating group) is 1. The zero-order valence-electron chi connectivity index (χ0n) is 15.5. The van der Waals surface area contributed by atoms with Crippen LogP contribution in [0.2, 0.25) is 0 Å². The predicted octanol–water partition coefficient (Wildman–Crippen LogP) is 1.92. The van der Waals surface area contributed by atoms with Gasteiger partial charge in [-0.25, -0.2) is 0 Å². The molecule has 0 spiro atoms. The number of hydrogen-bond donors (Lipinski definition) is 1. The van der Waals surface area contributed by atoms with Gasteiger partial charge in [0, 0.05) is 63.6 Å². The molecule has 0 unspecified atom stereocenters. The minimum atomic E-state index is 0.527. The molecule has 0 saturated carbocycles.